The molecule has 0 aliphatic rings. The van der Waals surface area contributed by atoms with E-state index in [0.717, 1.165) is 5.56 Å². The number of halogens is 2. The standard InChI is InChI=1S/C10H13ClFN/c1-6(2)10(13)7-3-4-9(12)8(11)5-7/h3-6,10H,13H2,1-2H3. The van der Waals surface area contributed by atoms with Gasteiger partial charge in [0.15, 0.2) is 0 Å². The minimum Gasteiger partial charge on any atom is -0.324 e. The van der Waals surface area contributed by atoms with Crippen LogP contribution in [0.5, 0.6) is 0 Å². The van der Waals surface area contributed by atoms with Crippen molar-refractivity contribution in [3.8, 4) is 0 Å². The van der Waals surface area contributed by atoms with Crippen LogP contribution >= 0.6 is 11.6 Å². The summed E-state index contributed by atoms with van der Waals surface area (Å²) in [5, 5.41) is 0.133. The fourth-order valence-corrected chi connectivity index (χ4v) is 1.29. The van der Waals surface area contributed by atoms with E-state index in [1.165, 1.54) is 6.07 Å². The molecule has 0 aliphatic heterocycles. The molecule has 0 bridgehead atoms. The summed E-state index contributed by atoms with van der Waals surface area (Å²) in [6.45, 7) is 4.03. The normalized spacial score (nSPS) is 13.4. The first kappa shape index (κ1) is 10.5. The van der Waals surface area contributed by atoms with Crippen LogP contribution in [0, 0.1) is 11.7 Å². The van der Waals surface area contributed by atoms with Crippen LogP contribution < -0.4 is 5.73 Å². The van der Waals surface area contributed by atoms with Gasteiger partial charge in [-0.3, -0.25) is 0 Å². The topological polar surface area (TPSA) is 26.0 Å². The smallest absolute Gasteiger partial charge is 0.141 e. The first-order valence-electron chi connectivity index (χ1n) is 4.23. The Morgan fingerprint density at radius 1 is 1.38 bits per heavy atom. The number of hydrogen-bond donors (Lipinski definition) is 1. The molecule has 0 saturated carbocycles. The van der Waals surface area contributed by atoms with Gasteiger partial charge in [-0.05, 0) is 23.6 Å². The first-order valence-corrected chi connectivity index (χ1v) is 4.60. The second kappa shape index (κ2) is 4.07. The van der Waals surface area contributed by atoms with Crippen LogP contribution in [0.15, 0.2) is 18.2 Å². The van der Waals surface area contributed by atoms with Gasteiger partial charge >= 0.3 is 0 Å². The summed E-state index contributed by atoms with van der Waals surface area (Å²) in [6.07, 6.45) is 0. The molecule has 0 spiro atoms. The van der Waals surface area contributed by atoms with E-state index in [1.807, 2.05) is 13.8 Å². The second-order valence-corrected chi connectivity index (χ2v) is 3.85. The van der Waals surface area contributed by atoms with Crippen molar-refractivity contribution >= 4 is 11.6 Å². The molecule has 0 saturated heterocycles. The van der Waals surface area contributed by atoms with Gasteiger partial charge in [-0.25, -0.2) is 4.39 Å². The first-order chi connectivity index (χ1) is 6.02. The zero-order chi connectivity index (χ0) is 10.0. The lowest BCUT2D eigenvalue weighted by atomic mass is 9.97. The number of hydrogen-bond acceptors (Lipinski definition) is 1. The van der Waals surface area contributed by atoms with Crippen LogP contribution in [-0.2, 0) is 0 Å². The van der Waals surface area contributed by atoms with Crippen LogP contribution in [0.25, 0.3) is 0 Å². The molecule has 1 aromatic carbocycles. The summed E-state index contributed by atoms with van der Waals surface area (Å²) in [7, 11) is 0. The van der Waals surface area contributed by atoms with Crippen LogP contribution in [0.4, 0.5) is 4.39 Å². The summed E-state index contributed by atoms with van der Waals surface area (Å²) < 4.78 is 12.8. The van der Waals surface area contributed by atoms with Crippen LogP contribution in [-0.4, -0.2) is 0 Å². The van der Waals surface area contributed by atoms with Gasteiger partial charge in [0.05, 0.1) is 5.02 Å². The quantitative estimate of drug-likeness (QED) is 0.782. The summed E-state index contributed by atoms with van der Waals surface area (Å²) in [6, 6.07) is 4.52. The monoisotopic (exact) mass is 201 g/mol. The van der Waals surface area contributed by atoms with Crippen molar-refractivity contribution in [1.82, 2.24) is 0 Å². The van der Waals surface area contributed by atoms with Gasteiger partial charge in [0.1, 0.15) is 5.82 Å². The van der Waals surface area contributed by atoms with Gasteiger partial charge in [0.25, 0.3) is 0 Å². The molecule has 0 amide bonds. The van der Waals surface area contributed by atoms with Gasteiger partial charge in [-0.15, -0.1) is 0 Å². The molecule has 1 unspecified atom stereocenters. The predicted molar refractivity (Wildman–Crippen MR) is 53.2 cm³/mol. The molecular formula is C10H13ClFN. The van der Waals surface area contributed by atoms with Crippen molar-refractivity contribution in [3.05, 3.63) is 34.6 Å². The molecule has 13 heavy (non-hydrogen) atoms. The molecule has 0 radical (unpaired) electrons. The minimum atomic E-state index is -0.402. The minimum absolute atomic E-state index is 0.0851. The summed E-state index contributed by atoms with van der Waals surface area (Å²) in [5.41, 5.74) is 6.75. The van der Waals surface area contributed by atoms with Gasteiger partial charge in [0, 0.05) is 6.04 Å². The van der Waals surface area contributed by atoms with Crippen molar-refractivity contribution in [1.29, 1.82) is 0 Å². The molecule has 1 aromatic rings. The van der Waals surface area contributed by atoms with E-state index in [0.29, 0.717) is 5.92 Å². The number of benzene rings is 1. The molecule has 1 rings (SSSR count). The van der Waals surface area contributed by atoms with Crippen molar-refractivity contribution in [2.24, 2.45) is 11.7 Å². The lowest BCUT2D eigenvalue weighted by molar-refractivity contribution is 0.513. The van der Waals surface area contributed by atoms with Crippen molar-refractivity contribution in [2.75, 3.05) is 0 Å². The highest BCUT2D eigenvalue weighted by Gasteiger charge is 2.11. The summed E-state index contributed by atoms with van der Waals surface area (Å²) >= 11 is 5.63. The zero-order valence-electron chi connectivity index (χ0n) is 7.72. The lowest BCUT2D eigenvalue weighted by Crippen LogP contribution is -2.16. The van der Waals surface area contributed by atoms with E-state index >= 15 is 0 Å². The largest absolute Gasteiger partial charge is 0.324 e. The van der Waals surface area contributed by atoms with Crippen LogP contribution in [0.2, 0.25) is 5.02 Å². The third kappa shape index (κ3) is 2.42. The van der Waals surface area contributed by atoms with Gasteiger partial charge < -0.3 is 5.73 Å². The molecule has 0 heterocycles. The van der Waals surface area contributed by atoms with Crippen molar-refractivity contribution in [2.45, 2.75) is 19.9 Å². The average Bonchev–Trinajstić information content (AvgIpc) is 2.08. The maximum Gasteiger partial charge on any atom is 0.141 e. The van der Waals surface area contributed by atoms with Gasteiger partial charge in [-0.1, -0.05) is 31.5 Å². The van der Waals surface area contributed by atoms with E-state index in [9.17, 15) is 4.39 Å². The fraction of sp³-hybridized carbons (Fsp3) is 0.400. The highest BCUT2D eigenvalue weighted by molar-refractivity contribution is 6.30. The molecule has 1 atom stereocenters. The fourth-order valence-electron chi connectivity index (χ4n) is 1.10. The highest BCUT2D eigenvalue weighted by atomic mass is 35.5. The molecule has 0 aliphatic carbocycles. The Kier molecular flexibility index (Phi) is 3.28. The Bertz CT molecular complexity index is 299. The van der Waals surface area contributed by atoms with Gasteiger partial charge in [-0.2, -0.15) is 0 Å². The molecule has 72 valence electrons. The average molecular weight is 202 g/mol. The Morgan fingerprint density at radius 3 is 2.46 bits per heavy atom. The lowest BCUT2D eigenvalue weighted by Gasteiger charge is -2.16. The van der Waals surface area contributed by atoms with E-state index in [-0.39, 0.29) is 11.1 Å². The third-order valence-electron chi connectivity index (χ3n) is 2.05. The molecular weight excluding hydrogens is 189 g/mol. The maximum atomic E-state index is 12.8. The number of rotatable bonds is 2. The second-order valence-electron chi connectivity index (χ2n) is 3.44. The highest BCUT2D eigenvalue weighted by Crippen LogP contribution is 2.23. The SMILES string of the molecule is CC(C)C(N)c1ccc(F)c(Cl)c1. The Morgan fingerprint density at radius 2 is 2.00 bits per heavy atom. The molecule has 0 fully saturated rings. The molecule has 0 aromatic heterocycles. The van der Waals surface area contributed by atoms with E-state index < -0.39 is 5.82 Å². The van der Waals surface area contributed by atoms with E-state index in [2.05, 4.69) is 0 Å². The maximum absolute atomic E-state index is 12.8. The van der Waals surface area contributed by atoms with Crippen molar-refractivity contribution < 1.29 is 4.39 Å². The Hall–Kier alpha value is -0.600. The van der Waals surface area contributed by atoms with E-state index in [1.54, 1.807) is 12.1 Å². The molecule has 3 heteroatoms. The van der Waals surface area contributed by atoms with Crippen molar-refractivity contribution in [3.63, 3.8) is 0 Å². The summed E-state index contributed by atoms with van der Waals surface area (Å²) in [5.74, 6) is -0.0806. The Labute approximate surface area is 82.7 Å². The molecule has 2 N–H and O–H groups in total. The zero-order valence-corrected chi connectivity index (χ0v) is 8.48. The number of nitrogens with two attached hydrogens (primary N) is 1. The molecule has 1 nitrogen and oxygen atoms in total. The van der Waals surface area contributed by atoms with E-state index in [4.69, 9.17) is 17.3 Å². The van der Waals surface area contributed by atoms with Crippen LogP contribution in [0.3, 0.4) is 0 Å². The van der Waals surface area contributed by atoms with Crippen LogP contribution in [0.1, 0.15) is 25.5 Å². The Balaban J connectivity index is 2.97. The third-order valence-corrected chi connectivity index (χ3v) is 2.34. The summed E-state index contributed by atoms with van der Waals surface area (Å²) in [4.78, 5) is 0. The predicted octanol–water partition coefficient (Wildman–Crippen LogP) is 3.13. The van der Waals surface area contributed by atoms with Gasteiger partial charge in [0.2, 0.25) is 0 Å².